The number of rotatable bonds is 5. The third-order valence-corrected chi connectivity index (χ3v) is 7.62. The van der Waals surface area contributed by atoms with Gasteiger partial charge in [0.2, 0.25) is 0 Å². The van der Waals surface area contributed by atoms with Gasteiger partial charge >= 0.3 is 0 Å². The van der Waals surface area contributed by atoms with Crippen LogP contribution in [0.25, 0.3) is 6.08 Å². The summed E-state index contributed by atoms with van der Waals surface area (Å²) >= 11 is 0. The number of carbonyl (C=O) groups is 1. The molecule has 0 spiro atoms. The molecule has 6 nitrogen and oxygen atoms in total. The molecular formula is C31H32FN3O3. The lowest BCUT2D eigenvalue weighted by Crippen LogP contribution is -2.54. The fraction of sp³-hybridized carbons (Fsp3) is 0.323. The van der Waals surface area contributed by atoms with Crippen molar-refractivity contribution in [3.8, 4) is 11.5 Å². The van der Waals surface area contributed by atoms with Crippen LogP contribution in [-0.2, 0) is 11.2 Å². The molecule has 0 saturated carbocycles. The van der Waals surface area contributed by atoms with Crippen LogP contribution in [0.5, 0.6) is 11.5 Å². The summed E-state index contributed by atoms with van der Waals surface area (Å²) in [6.07, 6.45) is 5.26. The van der Waals surface area contributed by atoms with Gasteiger partial charge in [-0.25, -0.2) is 4.39 Å². The first kappa shape index (κ1) is 24.5. The molecule has 1 saturated heterocycles. The van der Waals surface area contributed by atoms with Crippen molar-refractivity contribution in [1.29, 1.82) is 0 Å². The van der Waals surface area contributed by atoms with Crippen LogP contribution in [0.3, 0.4) is 0 Å². The van der Waals surface area contributed by atoms with Crippen molar-refractivity contribution in [1.82, 2.24) is 4.90 Å². The van der Waals surface area contributed by atoms with Crippen LogP contribution in [0.15, 0.2) is 72.8 Å². The summed E-state index contributed by atoms with van der Waals surface area (Å²) in [7, 11) is 0. The molecule has 0 radical (unpaired) electrons. The molecule has 3 aliphatic rings. The molecule has 1 unspecified atom stereocenters. The third kappa shape index (κ3) is 5.11. The fourth-order valence-corrected chi connectivity index (χ4v) is 5.68. The first-order valence-corrected chi connectivity index (χ1v) is 13.4. The van der Waals surface area contributed by atoms with Gasteiger partial charge in [0.25, 0.3) is 5.91 Å². The summed E-state index contributed by atoms with van der Waals surface area (Å²) in [5.74, 6) is 1.34. The van der Waals surface area contributed by atoms with Gasteiger partial charge in [0.05, 0.1) is 11.7 Å². The SMILES string of the molecule is O=C(/C=C/c1ccc(F)cc1)N1c2ccccc2CCC1CN1CCN(c2cccc3c2OCCO3)CC1. The number of hydrogen-bond acceptors (Lipinski definition) is 5. The molecule has 3 aliphatic heterocycles. The minimum Gasteiger partial charge on any atom is -0.486 e. The highest BCUT2D eigenvalue weighted by Gasteiger charge is 2.32. The first-order valence-electron chi connectivity index (χ1n) is 13.4. The fourth-order valence-electron chi connectivity index (χ4n) is 5.68. The van der Waals surface area contributed by atoms with Crippen molar-refractivity contribution < 1.29 is 18.7 Å². The van der Waals surface area contributed by atoms with Gasteiger partial charge < -0.3 is 19.3 Å². The number of aryl methyl sites for hydroxylation is 1. The maximum Gasteiger partial charge on any atom is 0.251 e. The third-order valence-electron chi connectivity index (χ3n) is 7.62. The standard InChI is InChI=1S/C31H32FN3O3/c32-25-12-8-23(9-13-25)10-15-30(36)35-26(14-11-24-4-1-2-5-27(24)35)22-33-16-18-34(19-17-33)28-6-3-7-29-31(28)38-21-20-37-29/h1-10,12-13,15,26H,11,14,16-22H2/b15-10+. The zero-order chi connectivity index (χ0) is 25.9. The molecular weight excluding hydrogens is 481 g/mol. The van der Waals surface area contributed by atoms with E-state index in [0.29, 0.717) is 13.2 Å². The lowest BCUT2D eigenvalue weighted by atomic mass is 9.95. The molecule has 7 heteroatoms. The molecule has 1 fully saturated rings. The Bertz CT molecular complexity index is 1320. The topological polar surface area (TPSA) is 45.3 Å². The van der Waals surface area contributed by atoms with E-state index in [0.717, 1.165) is 74.0 Å². The Kier molecular flexibility index (Phi) is 7.01. The number of para-hydroxylation sites is 2. The van der Waals surface area contributed by atoms with Crippen molar-refractivity contribution in [3.05, 3.63) is 89.8 Å². The number of anilines is 2. The molecule has 3 aromatic rings. The lowest BCUT2D eigenvalue weighted by Gasteiger charge is -2.42. The highest BCUT2D eigenvalue weighted by Crippen LogP contribution is 2.40. The minimum absolute atomic E-state index is 0.0434. The van der Waals surface area contributed by atoms with Gasteiger partial charge in [-0.3, -0.25) is 9.69 Å². The molecule has 0 N–H and O–H groups in total. The van der Waals surface area contributed by atoms with E-state index in [1.54, 1.807) is 24.3 Å². The molecule has 6 rings (SSSR count). The number of ether oxygens (including phenoxy) is 2. The van der Waals surface area contributed by atoms with Gasteiger partial charge in [-0.15, -0.1) is 0 Å². The molecule has 0 aromatic heterocycles. The van der Waals surface area contributed by atoms with Gasteiger partial charge in [0.15, 0.2) is 11.5 Å². The summed E-state index contributed by atoms with van der Waals surface area (Å²) in [6.45, 7) is 5.59. The Morgan fingerprint density at radius 2 is 1.66 bits per heavy atom. The number of carbonyl (C=O) groups excluding carboxylic acids is 1. The Morgan fingerprint density at radius 3 is 2.50 bits per heavy atom. The molecule has 196 valence electrons. The van der Waals surface area contributed by atoms with Crippen LogP contribution in [0, 0.1) is 5.82 Å². The van der Waals surface area contributed by atoms with Crippen LogP contribution in [0.2, 0.25) is 0 Å². The zero-order valence-electron chi connectivity index (χ0n) is 21.4. The molecule has 3 heterocycles. The molecule has 0 bridgehead atoms. The van der Waals surface area contributed by atoms with Crippen LogP contribution >= 0.6 is 0 Å². The summed E-state index contributed by atoms with van der Waals surface area (Å²) < 4.78 is 25.0. The van der Waals surface area contributed by atoms with Gasteiger partial charge in [0, 0.05) is 44.5 Å². The second-order valence-electron chi connectivity index (χ2n) is 10.0. The van der Waals surface area contributed by atoms with Gasteiger partial charge in [-0.1, -0.05) is 36.4 Å². The summed E-state index contributed by atoms with van der Waals surface area (Å²) in [6, 6.07) is 20.6. The summed E-state index contributed by atoms with van der Waals surface area (Å²) in [5, 5.41) is 0. The van der Waals surface area contributed by atoms with Crippen LogP contribution in [0.1, 0.15) is 17.5 Å². The Hall–Kier alpha value is -3.84. The van der Waals surface area contributed by atoms with Crippen molar-refractivity contribution in [3.63, 3.8) is 0 Å². The summed E-state index contributed by atoms with van der Waals surface area (Å²) in [4.78, 5) is 20.3. The summed E-state index contributed by atoms with van der Waals surface area (Å²) in [5.41, 5.74) is 4.09. The molecule has 38 heavy (non-hydrogen) atoms. The second kappa shape index (κ2) is 10.9. The number of piperazine rings is 1. The highest BCUT2D eigenvalue weighted by molar-refractivity contribution is 6.05. The Labute approximate surface area is 222 Å². The molecule has 3 aromatic carbocycles. The predicted octanol–water partition coefficient (Wildman–Crippen LogP) is 4.78. The van der Waals surface area contributed by atoms with E-state index in [1.807, 2.05) is 35.2 Å². The van der Waals surface area contributed by atoms with Gasteiger partial charge in [-0.05, 0) is 60.4 Å². The van der Waals surface area contributed by atoms with Crippen LogP contribution < -0.4 is 19.3 Å². The van der Waals surface area contributed by atoms with Crippen molar-refractivity contribution in [2.75, 3.05) is 55.7 Å². The molecule has 1 atom stereocenters. The minimum atomic E-state index is -0.286. The van der Waals surface area contributed by atoms with E-state index in [-0.39, 0.29) is 17.8 Å². The van der Waals surface area contributed by atoms with E-state index in [2.05, 4.69) is 21.9 Å². The van der Waals surface area contributed by atoms with Gasteiger partial charge in [0.1, 0.15) is 19.0 Å². The van der Waals surface area contributed by atoms with E-state index in [1.165, 1.54) is 17.7 Å². The van der Waals surface area contributed by atoms with Crippen LogP contribution in [0.4, 0.5) is 15.8 Å². The number of amides is 1. The van der Waals surface area contributed by atoms with Crippen molar-refractivity contribution in [2.24, 2.45) is 0 Å². The smallest absolute Gasteiger partial charge is 0.251 e. The van der Waals surface area contributed by atoms with E-state index in [4.69, 9.17) is 9.47 Å². The number of halogens is 1. The maximum atomic E-state index is 13.5. The number of benzene rings is 3. The van der Waals surface area contributed by atoms with Crippen molar-refractivity contribution in [2.45, 2.75) is 18.9 Å². The molecule has 1 amide bonds. The average molecular weight is 514 g/mol. The second-order valence-corrected chi connectivity index (χ2v) is 10.0. The van der Waals surface area contributed by atoms with E-state index >= 15 is 0 Å². The zero-order valence-corrected chi connectivity index (χ0v) is 21.4. The van der Waals surface area contributed by atoms with E-state index in [9.17, 15) is 9.18 Å². The normalized spacial score (nSPS) is 19.4. The largest absolute Gasteiger partial charge is 0.486 e. The molecule has 0 aliphatic carbocycles. The highest BCUT2D eigenvalue weighted by atomic mass is 19.1. The number of nitrogens with zero attached hydrogens (tertiary/aromatic N) is 3. The number of fused-ring (bicyclic) bond motifs is 2. The monoisotopic (exact) mass is 513 g/mol. The Morgan fingerprint density at radius 1 is 0.895 bits per heavy atom. The quantitative estimate of drug-likeness (QED) is 0.460. The Balaban J connectivity index is 1.15. The van der Waals surface area contributed by atoms with Crippen LogP contribution in [-0.4, -0.2) is 62.8 Å². The number of hydrogen-bond donors (Lipinski definition) is 0. The first-order chi connectivity index (χ1) is 18.7. The predicted molar refractivity (Wildman–Crippen MR) is 148 cm³/mol. The lowest BCUT2D eigenvalue weighted by molar-refractivity contribution is -0.114. The average Bonchev–Trinajstić information content (AvgIpc) is 2.97. The van der Waals surface area contributed by atoms with E-state index < -0.39 is 0 Å². The maximum absolute atomic E-state index is 13.5. The van der Waals surface area contributed by atoms with Crippen molar-refractivity contribution >= 4 is 23.4 Å². The van der Waals surface area contributed by atoms with Gasteiger partial charge in [-0.2, -0.15) is 0 Å².